The van der Waals surface area contributed by atoms with Crippen LogP contribution >= 0.6 is 0 Å². The summed E-state index contributed by atoms with van der Waals surface area (Å²) in [6.07, 6.45) is 0. The second kappa shape index (κ2) is 5.84. The Morgan fingerprint density at radius 2 is 1.68 bits per heavy atom. The van der Waals surface area contributed by atoms with Gasteiger partial charge in [0.15, 0.2) is 0 Å². The normalized spacial score (nSPS) is 11.1. The van der Waals surface area contributed by atoms with Gasteiger partial charge in [-0.15, -0.1) is 0 Å². The fourth-order valence-electron chi connectivity index (χ4n) is 2.71. The molecule has 0 aliphatic carbocycles. The van der Waals surface area contributed by atoms with Crippen molar-refractivity contribution in [3.8, 4) is 0 Å². The van der Waals surface area contributed by atoms with E-state index in [1.807, 2.05) is 0 Å². The van der Waals surface area contributed by atoms with E-state index in [0.717, 1.165) is 24.6 Å². The lowest BCUT2D eigenvalue weighted by Crippen LogP contribution is -2.08. The van der Waals surface area contributed by atoms with Crippen molar-refractivity contribution in [1.82, 2.24) is 9.55 Å². The van der Waals surface area contributed by atoms with Crippen LogP contribution in [0, 0.1) is 20.8 Å². The number of fused-ring (bicyclic) bond motifs is 1. The first-order chi connectivity index (χ1) is 10.6. The molecule has 114 valence electrons. The van der Waals surface area contributed by atoms with Crippen molar-refractivity contribution in [2.45, 2.75) is 34.2 Å². The zero-order valence-electron chi connectivity index (χ0n) is 13.8. The first-order valence-electron chi connectivity index (χ1n) is 7.85. The third-order valence-corrected chi connectivity index (χ3v) is 4.16. The van der Waals surface area contributed by atoms with Crippen LogP contribution in [0.4, 0.5) is 5.95 Å². The Balaban J connectivity index is 2.10. The largest absolute Gasteiger partial charge is 0.356 e. The van der Waals surface area contributed by atoms with Gasteiger partial charge < -0.3 is 9.88 Å². The van der Waals surface area contributed by atoms with E-state index in [9.17, 15) is 0 Å². The minimum absolute atomic E-state index is 0.835. The van der Waals surface area contributed by atoms with Gasteiger partial charge in [-0.1, -0.05) is 29.8 Å². The smallest absolute Gasteiger partial charge is 0.204 e. The van der Waals surface area contributed by atoms with Gasteiger partial charge in [0.25, 0.3) is 0 Å². The van der Waals surface area contributed by atoms with E-state index < -0.39 is 0 Å². The maximum Gasteiger partial charge on any atom is 0.204 e. The SMILES string of the molecule is CCNc1nc2cc(C)c(C)cc2n1Cc1ccc(C)cc1. The Bertz CT molecular complexity index is 798. The second-order valence-corrected chi connectivity index (χ2v) is 5.96. The van der Waals surface area contributed by atoms with E-state index in [4.69, 9.17) is 4.98 Å². The number of imidazole rings is 1. The minimum Gasteiger partial charge on any atom is -0.356 e. The van der Waals surface area contributed by atoms with Crippen LogP contribution in [-0.4, -0.2) is 16.1 Å². The van der Waals surface area contributed by atoms with Crippen molar-refractivity contribution in [3.63, 3.8) is 0 Å². The summed E-state index contributed by atoms with van der Waals surface area (Å²) < 4.78 is 2.27. The second-order valence-electron chi connectivity index (χ2n) is 5.96. The summed E-state index contributed by atoms with van der Waals surface area (Å²) >= 11 is 0. The Kier molecular flexibility index (Phi) is 3.88. The van der Waals surface area contributed by atoms with Crippen LogP contribution in [0.3, 0.4) is 0 Å². The highest BCUT2D eigenvalue weighted by Crippen LogP contribution is 2.24. The van der Waals surface area contributed by atoms with Gasteiger partial charge in [0.2, 0.25) is 5.95 Å². The number of hydrogen-bond donors (Lipinski definition) is 1. The summed E-state index contributed by atoms with van der Waals surface area (Å²) in [5, 5.41) is 3.39. The van der Waals surface area contributed by atoms with Gasteiger partial charge in [-0.05, 0) is 56.5 Å². The molecule has 0 unspecified atom stereocenters. The van der Waals surface area contributed by atoms with E-state index in [1.54, 1.807) is 0 Å². The highest BCUT2D eigenvalue weighted by molar-refractivity contribution is 5.80. The Morgan fingerprint density at radius 1 is 1.00 bits per heavy atom. The quantitative estimate of drug-likeness (QED) is 0.770. The van der Waals surface area contributed by atoms with Gasteiger partial charge in [0, 0.05) is 6.54 Å². The third-order valence-electron chi connectivity index (χ3n) is 4.16. The monoisotopic (exact) mass is 293 g/mol. The standard InChI is InChI=1S/C19H23N3/c1-5-20-19-21-17-10-14(3)15(4)11-18(17)22(19)12-16-8-6-13(2)7-9-16/h6-11H,5,12H2,1-4H3,(H,20,21). The van der Waals surface area contributed by atoms with Crippen molar-refractivity contribution >= 4 is 17.0 Å². The number of aryl methyl sites for hydroxylation is 3. The van der Waals surface area contributed by atoms with Crippen LogP contribution in [-0.2, 0) is 6.54 Å². The van der Waals surface area contributed by atoms with Gasteiger partial charge in [0.1, 0.15) is 0 Å². The van der Waals surface area contributed by atoms with Crippen LogP contribution in [0.1, 0.15) is 29.2 Å². The molecule has 0 fully saturated rings. The molecule has 3 nitrogen and oxygen atoms in total. The number of benzene rings is 2. The molecule has 0 aliphatic rings. The summed E-state index contributed by atoms with van der Waals surface area (Å²) in [7, 11) is 0. The predicted molar refractivity (Wildman–Crippen MR) is 93.7 cm³/mol. The molecule has 0 atom stereocenters. The molecule has 0 aliphatic heterocycles. The highest BCUT2D eigenvalue weighted by atomic mass is 15.2. The first kappa shape index (κ1) is 14.6. The molecule has 0 saturated carbocycles. The molecule has 2 aromatic carbocycles. The van der Waals surface area contributed by atoms with E-state index in [2.05, 4.69) is 74.0 Å². The molecule has 1 aromatic heterocycles. The average Bonchev–Trinajstić information content (AvgIpc) is 2.80. The molecule has 0 radical (unpaired) electrons. The summed E-state index contributed by atoms with van der Waals surface area (Å²) in [6, 6.07) is 13.1. The number of anilines is 1. The highest BCUT2D eigenvalue weighted by Gasteiger charge is 2.12. The lowest BCUT2D eigenvalue weighted by molar-refractivity contribution is 0.825. The van der Waals surface area contributed by atoms with Gasteiger partial charge in [-0.25, -0.2) is 4.98 Å². The Hall–Kier alpha value is -2.29. The first-order valence-corrected chi connectivity index (χ1v) is 7.85. The average molecular weight is 293 g/mol. The maximum absolute atomic E-state index is 4.77. The fourth-order valence-corrected chi connectivity index (χ4v) is 2.71. The number of rotatable bonds is 4. The van der Waals surface area contributed by atoms with Crippen molar-refractivity contribution in [1.29, 1.82) is 0 Å². The maximum atomic E-state index is 4.77. The van der Waals surface area contributed by atoms with E-state index in [-0.39, 0.29) is 0 Å². The molecular formula is C19H23N3. The zero-order chi connectivity index (χ0) is 15.7. The van der Waals surface area contributed by atoms with Gasteiger partial charge in [0.05, 0.1) is 17.6 Å². The van der Waals surface area contributed by atoms with Crippen molar-refractivity contribution in [2.24, 2.45) is 0 Å². The molecule has 0 bridgehead atoms. The number of aromatic nitrogens is 2. The van der Waals surface area contributed by atoms with E-state index in [1.165, 1.54) is 27.8 Å². The zero-order valence-corrected chi connectivity index (χ0v) is 13.8. The summed E-state index contributed by atoms with van der Waals surface area (Å²) in [4.78, 5) is 4.77. The molecule has 3 heteroatoms. The van der Waals surface area contributed by atoms with E-state index in [0.29, 0.717) is 0 Å². The molecule has 3 aromatic rings. The van der Waals surface area contributed by atoms with Gasteiger partial charge in [-0.3, -0.25) is 0 Å². The van der Waals surface area contributed by atoms with Gasteiger partial charge in [-0.2, -0.15) is 0 Å². The molecule has 0 amide bonds. The van der Waals surface area contributed by atoms with Crippen LogP contribution < -0.4 is 5.32 Å². The third kappa shape index (κ3) is 2.71. The molecule has 1 N–H and O–H groups in total. The van der Waals surface area contributed by atoms with Crippen molar-refractivity contribution in [3.05, 3.63) is 58.7 Å². The number of nitrogens with one attached hydrogen (secondary N) is 1. The van der Waals surface area contributed by atoms with E-state index >= 15 is 0 Å². The lowest BCUT2D eigenvalue weighted by atomic mass is 10.1. The fraction of sp³-hybridized carbons (Fsp3) is 0.316. The molecule has 22 heavy (non-hydrogen) atoms. The number of hydrogen-bond acceptors (Lipinski definition) is 2. The predicted octanol–water partition coefficient (Wildman–Crippen LogP) is 4.44. The lowest BCUT2D eigenvalue weighted by Gasteiger charge is -2.11. The Labute approximate surface area is 132 Å². The topological polar surface area (TPSA) is 29.9 Å². The van der Waals surface area contributed by atoms with Crippen LogP contribution in [0.5, 0.6) is 0 Å². The Morgan fingerprint density at radius 3 is 2.36 bits per heavy atom. The van der Waals surface area contributed by atoms with Crippen molar-refractivity contribution in [2.75, 3.05) is 11.9 Å². The van der Waals surface area contributed by atoms with Crippen LogP contribution in [0.25, 0.3) is 11.0 Å². The molecule has 3 rings (SSSR count). The minimum atomic E-state index is 0.835. The summed E-state index contributed by atoms with van der Waals surface area (Å²) in [6.45, 7) is 10.2. The molecule has 0 spiro atoms. The summed E-state index contributed by atoms with van der Waals surface area (Å²) in [5.41, 5.74) is 7.43. The van der Waals surface area contributed by atoms with Crippen LogP contribution in [0.15, 0.2) is 36.4 Å². The molecule has 1 heterocycles. The van der Waals surface area contributed by atoms with Crippen LogP contribution in [0.2, 0.25) is 0 Å². The summed E-state index contributed by atoms with van der Waals surface area (Å²) in [5.74, 6) is 0.947. The number of nitrogens with zero attached hydrogens (tertiary/aromatic N) is 2. The van der Waals surface area contributed by atoms with Gasteiger partial charge >= 0.3 is 0 Å². The molecular weight excluding hydrogens is 270 g/mol. The van der Waals surface area contributed by atoms with Crippen molar-refractivity contribution < 1.29 is 0 Å². The molecule has 0 saturated heterocycles.